The average molecular weight is 211 g/mol. The third-order valence-electron chi connectivity index (χ3n) is 2.31. The molecule has 0 nitrogen and oxygen atoms in total. The Morgan fingerprint density at radius 3 is 2.21 bits per heavy atom. The summed E-state index contributed by atoms with van der Waals surface area (Å²) in [6.07, 6.45) is 2.21. The second kappa shape index (κ2) is 4.84. The summed E-state index contributed by atoms with van der Waals surface area (Å²) in [7, 11) is 0. The highest BCUT2D eigenvalue weighted by atomic mass is 35.5. The quantitative estimate of drug-likeness (QED) is 0.630. The first-order valence-corrected chi connectivity index (χ1v) is 5.62. The molecule has 0 N–H and O–H groups in total. The van der Waals surface area contributed by atoms with E-state index in [2.05, 4.69) is 32.9 Å². The molecule has 1 unspecified atom stereocenters. The van der Waals surface area contributed by atoms with Crippen molar-refractivity contribution < 1.29 is 0 Å². The highest BCUT2D eigenvalue weighted by Crippen LogP contribution is 2.31. The van der Waals surface area contributed by atoms with E-state index in [0.29, 0.717) is 5.41 Å². The van der Waals surface area contributed by atoms with Crippen LogP contribution in [0.4, 0.5) is 0 Å². The molecule has 0 aliphatic rings. The van der Waals surface area contributed by atoms with E-state index < -0.39 is 0 Å². The topological polar surface area (TPSA) is 0 Å². The lowest BCUT2D eigenvalue weighted by atomic mass is 9.89. The summed E-state index contributed by atoms with van der Waals surface area (Å²) in [6, 6.07) is 10.3. The highest BCUT2D eigenvalue weighted by molar-refractivity contribution is 6.20. The van der Waals surface area contributed by atoms with Gasteiger partial charge in [0.05, 0.1) is 5.38 Å². The maximum absolute atomic E-state index is 6.31. The normalized spacial score (nSPS) is 14.0. The fourth-order valence-corrected chi connectivity index (χ4v) is 1.64. The maximum Gasteiger partial charge on any atom is 0.0585 e. The van der Waals surface area contributed by atoms with Gasteiger partial charge in [0.25, 0.3) is 0 Å². The second-order valence-corrected chi connectivity index (χ2v) is 5.50. The van der Waals surface area contributed by atoms with Crippen LogP contribution in [0.5, 0.6) is 0 Å². The van der Waals surface area contributed by atoms with Crippen molar-refractivity contribution in [1.82, 2.24) is 0 Å². The lowest BCUT2D eigenvalue weighted by Crippen LogP contribution is -2.06. The largest absolute Gasteiger partial charge is 0.118 e. The van der Waals surface area contributed by atoms with Crippen molar-refractivity contribution in [2.24, 2.45) is 5.41 Å². The van der Waals surface area contributed by atoms with Gasteiger partial charge in [-0.25, -0.2) is 0 Å². The van der Waals surface area contributed by atoms with Gasteiger partial charge in [-0.05, 0) is 23.8 Å². The Kier molecular flexibility index (Phi) is 4.00. The fraction of sp³-hybridized carbons (Fsp3) is 0.538. The van der Waals surface area contributed by atoms with Gasteiger partial charge in [0, 0.05) is 0 Å². The van der Waals surface area contributed by atoms with Crippen LogP contribution in [-0.2, 0) is 0 Å². The van der Waals surface area contributed by atoms with E-state index in [1.807, 2.05) is 18.2 Å². The zero-order chi connectivity index (χ0) is 10.6. The highest BCUT2D eigenvalue weighted by Gasteiger charge is 2.14. The Hall–Kier alpha value is -0.490. The molecule has 0 spiro atoms. The summed E-state index contributed by atoms with van der Waals surface area (Å²) in [4.78, 5) is 0. The Morgan fingerprint density at radius 1 is 1.14 bits per heavy atom. The molecule has 0 aliphatic carbocycles. The molecule has 0 fully saturated rings. The third-order valence-corrected chi connectivity index (χ3v) is 2.78. The van der Waals surface area contributed by atoms with Crippen LogP contribution >= 0.6 is 11.6 Å². The molecule has 0 bridgehead atoms. The van der Waals surface area contributed by atoms with Crippen LogP contribution in [0.15, 0.2) is 30.3 Å². The number of hydrogen-bond donors (Lipinski definition) is 0. The first-order chi connectivity index (χ1) is 6.49. The van der Waals surface area contributed by atoms with Crippen molar-refractivity contribution in [2.75, 3.05) is 0 Å². The zero-order valence-corrected chi connectivity index (χ0v) is 10.0. The van der Waals surface area contributed by atoms with Gasteiger partial charge in [-0.3, -0.25) is 0 Å². The van der Waals surface area contributed by atoms with Crippen LogP contribution < -0.4 is 0 Å². The number of halogens is 1. The van der Waals surface area contributed by atoms with Crippen molar-refractivity contribution in [2.45, 2.75) is 39.0 Å². The predicted molar refractivity (Wildman–Crippen MR) is 63.7 cm³/mol. The standard InChI is InChI=1S/C13H19Cl/c1-13(2,3)10-9-12(14)11-7-5-4-6-8-11/h4-8,12H,9-10H2,1-3H3. The van der Waals surface area contributed by atoms with E-state index in [-0.39, 0.29) is 5.38 Å². The summed E-state index contributed by atoms with van der Waals surface area (Å²) < 4.78 is 0. The van der Waals surface area contributed by atoms with Gasteiger partial charge in [0.2, 0.25) is 0 Å². The monoisotopic (exact) mass is 210 g/mol. The van der Waals surface area contributed by atoms with Crippen molar-refractivity contribution in [3.05, 3.63) is 35.9 Å². The fourth-order valence-electron chi connectivity index (χ4n) is 1.39. The van der Waals surface area contributed by atoms with Crippen LogP contribution in [0.3, 0.4) is 0 Å². The molecule has 1 rings (SSSR count). The molecule has 0 saturated heterocycles. The molecule has 0 aromatic heterocycles. The van der Waals surface area contributed by atoms with E-state index in [1.54, 1.807) is 0 Å². The van der Waals surface area contributed by atoms with Crippen molar-refractivity contribution >= 4 is 11.6 Å². The van der Waals surface area contributed by atoms with Crippen LogP contribution in [0.1, 0.15) is 44.6 Å². The molecule has 78 valence electrons. The molecule has 1 heteroatoms. The second-order valence-electron chi connectivity index (χ2n) is 4.98. The smallest absolute Gasteiger partial charge is 0.0585 e. The minimum atomic E-state index is 0.162. The molecular formula is C13H19Cl. The molecule has 14 heavy (non-hydrogen) atoms. The van der Waals surface area contributed by atoms with Crippen LogP contribution in [0.2, 0.25) is 0 Å². The summed E-state index contributed by atoms with van der Waals surface area (Å²) >= 11 is 6.31. The Bertz CT molecular complexity index is 258. The molecule has 1 atom stereocenters. The minimum Gasteiger partial charge on any atom is -0.118 e. The first-order valence-electron chi connectivity index (χ1n) is 5.18. The van der Waals surface area contributed by atoms with E-state index >= 15 is 0 Å². The number of hydrogen-bond acceptors (Lipinski definition) is 0. The van der Waals surface area contributed by atoms with E-state index in [9.17, 15) is 0 Å². The number of benzene rings is 1. The van der Waals surface area contributed by atoms with Crippen molar-refractivity contribution in [3.8, 4) is 0 Å². The molecule has 0 saturated carbocycles. The van der Waals surface area contributed by atoms with Crippen LogP contribution in [0, 0.1) is 5.41 Å². The van der Waals surface area contributed by atoms with Gasteiger partial charge >= 0.3 is 0 Å². The number of alkyl halides is 1. The molecular weight excluding hydrogens is 192 g/mol. The van der Waals surface area contributed by atoms with Gasteiger partial charge in [-0.2, -0.15) is 0 Å². The lowest BCUT2D eigenvalue weighted by Gasteiger charge is -2.20. The first kappa shape index (κ1) is 11.6. The summed E-state index contributed by atoms with van der Waals surface area (Å²) in [6.45, 7) is 6.75. The Morgan fingerprint density at radius 2 is 1.71 bits per heavy atom. The summed E-state index contributed by atoms with van der Waals surface area (Å²) in [5.74, 6) is 0. The van der Waals surface area contributed by atoms with E-state index in [1.165, 1.54) is 5.56 Å². The van der Waals surface area contributed by atoms with Crippen LogP contribution in [0.25, 0.3) is 0 Å². The Balaban J connectivity index is 2.48. The molecule has 0 heterocycles. The van der Waals surface area contributed by atoms with Crippen molar-refractivity contribution in [1.29, 1.82) is 0 Å². The van der Waals surface area contributed by atoms with Crippen LogP contribution in [-0.4, -0.2) is 0 Å². The average Bonchev–Trinajstić information content (AvgIpc) is 2.14. The lowest BCUT2D eigenvalue weighted by molar-refractivity contribution is 0.363. The van der Waals surface area contributed by atoms with Gasteiger partial charge in [-0.15, -0.1) is 11.6 Å². The molecule has 1 aromatic carbocycles. The molecule has 0 aliphatic heterocycles. The van der Waals surface area contributed by atoms with Gasteiger partial charge in [0.1, 0.15) is 0 Å². The predicted octanol–water partition coefficient (Wildman–Crippen LogP) is 4.79. The molecule has 0 radical (unpaired) electrons. The van der Waals surface area contributed by atoms with Gasteiger partial charge < -0.3 is 0 Å². The van der Waals surface area contributed by atoms with Gasteiger partial charge in [-0.1, -0.05) is 51.1 Å². The summed E-state index contributed by atoms with van der Waals surface area (Å²) in [5.41, 5.74) is 1.61. The summed E-state index contributed by atoms with van der Waals surface area (Å²) in [5, 5.41) is 0.162. The Labute approximate surface area is 92.3 Å². The minimum absolute atomic E-state index is 0.162. The molecule has 0 amide bonds. The van der Waals surface area contributed by atoms with Gasteiger partial charge in [0.15, 0.2) is 0 Å². The van der Waals surface area contributed by atoms with E-state index in [4.69, 9.17) is 11.6 Å². The zero-order valence-electron chi connectivity index (χ0n) is 9.26. The molecule has 1 aromatic rings. The van der Waals surface area contributed by atoms with E-state index in [0.717, 1.165) is 12.8 Å². The number of rotatable bonds is 3. The third kappa shape index (κ3) is 4.15. The van der Waals surface area contributed by atoms with Crippen molar-refractivity contribution in [3.63, 3.8) is 0 Å². The maximum atomic E-state index is 6.31. The SMILES string of the molecule is CC(C)(C)CCC(Cl)c1ccccc1.